The molecule has 0 unspecified atom stereocenters. The van der Waals surface area contributed by atoms with Crippen molar-refractivity contribution in [2.45, 2.75) is 26.4 Å². The van der Waals surface area contributed by atoms with Crippen LogP contribution in [-0.2, 0) is 13.1 Å². The highest BCUT2D eigenvalue weighted by Gasteiger charge is 2.07. The molecule has 0 radical (unpaired) electrons. The molecule has 0 aromatic carbocycles. The molecule has 19 heavy (non-hydrogen) atoms. The number of imidazole rings is 1. The summed E-state index contributed by atoms with van der Waals surface area (Å²) in [7, 11) is 1.64. The van der Waals surface area contributed by atoms with Crippen molar-refractivity contribution in [2.75, 3.05) is 13.7 Å². The van der Waals surface area contributed by atoms with E-state index in [1.807, 2.05) is 24.5 Å². The highest BCUT2D eigenvalue weighted by Crippen LogP contribution is 2.15. The van der Waals surface area contributed by atoms with Gasteiger partial charge in [0.05, 0.1) is 20.2 Å². The van der Waals surface area contributed by atoms with Gasteiger partial charge in [0.25, 0.3) is 0 Å². The molecule has 2 heterocycles. The van der Waals surface area contributed by atoms with Gasteiger partial charge in [0.15, 0.2) is 0 Å². The summed E-state index contributed by atoms with van der Waals surface area (Å²) in [5, 5.41) is 3.36. The molecule has 0 aliphatic carbocycles. The van der Waals surface area contributed by atoms with Crippen molar-refractivity contribution >= 4 is 0 Å². The molecule has 0 aliphatic heterocycles. The minimum Gasteiger partial charge on any atom is -0.481 e. The van der Waals surface area contributed by atoms with Gasteiger partial charge in [-0.05, 0) is 19.0 Å². The van der Waals surface area contributed by atoms with Gasteiger partial charge in [-0.1, -0.05) is 13.0 Å². The van der Waals surface area contributed by atoms with Crippen LogP contribution in [0.25, 0.3) is 0 Å². The fraction of sp³-hybridized carbons (Fsp3) is 0.429. The third kappa shape index (κ3) is 3.54. The van der Waals surface area contributed by atoms with Crippen molar-refractivity contribution in [3.8, 4) is 5.88 Å². The average molecular weight is 260 g/mol. The second kappa shape index (κ2) is 6.89. The summed E-state index contributed by atoms with van der Waals surface area (Å²) in [6, 6.07) is 3.94. The summed E-state index contributed by atoms with van der Waals surface area (Å²) in [5.41, 5.74) is 1.06. The van der Waals surface area contributed by atoms with E-state index in [9.17, 15) is 0 Å². The van der Waals surface area contributed by atoms with Gasteiger partial charge in [-0.25, -0.2) is 9.97 Å². The number of rotatable bonds is 7. The Morgan fingerprint density at radius 1 is 1.32 bits per heavy atom. The monoisotopic (exact) mass is 260 g/mol. The first-order valence-corrected chi connectivity index (χ1v) is 6.53. The van der Waals surface area contributed by atoms with Crippen LogP contribution in [0.1, 0.15) is 24.7 Å². The lowest BCUT2D eigenvalue weighted by Crippen LogP contribution is -2.18. The minimum atomic E-state index is 0.670. The number of hydrogen-bond acceptors (Lipinski definition) is 4. The molecule has 102 valence electrons. The van der Waals surface area contributed by atoms with Gasteiger partial charge in [0.2, 0.25) is 5.88 Å². The third-order valence-electron chi connectivity index (χ3n) is 2.90. The summed E-state index contributed by atoms with van der Waals surface area (Å²) in [6.07, 6.45) is 6.66. The van der Waals surface area contributed by atoms with Gasteiger partial charge in [-0.15, -0.1) is 0 Å². The topological polar surface area (TPSA) is 52.0 Å². The molecule has 2 rings (SSSR count). The van der Waals surface area contributed by atoms with E-state index in [0.717, 1.165) is 37.4 Å². The van der Waals surface area contributed by atoms with Crippen molar-refractivity contribution in [1.29, 1.82) is 0 Å². The molecule has 2 aromatic heterocycles. The molecule has 0 fully saturated rings. The van der Waals surface area contributed by atoms with Crippen LogP contribution in [0.4, 0.5) is 0 Å². The van der Waals surface area contributed by atoms with Gasteiger partial charge in [0, 0.05) is 24.2 Å². The highest BCUT2D eigenvalue weighted by atomic mass is 16.5. The number of nitrogens with one attached hydrogen (secondary N) is 1. The summed E-state index contributed by atoms with van der Waals surface area (Å²) < 4.78 is 7.39. The molecule has 2 aromatic rings. The predicted octanol–water partition coefficient (Wildman–Crippen LogP) is 1.83. The van der Waals surface area contributed by atoms with Crippen LogP contribution < -0.4 is 10.1 Å². The Morgan fingerprint density at radius 3 is 3.00 bits per heavy atom. The molecule has 0 spiro atoms. The van der Waals surface area contributed by atoms with Gasteiger partial charge >= 0.3 is 0 Å². The van der Waals surface area contributed by atoms with Gasteiger partial charge in [-0.3, -0.25) is 0 Å². The molecule has 0 atom stereocenters. The SMILES string of the molecule is CCCNCc1nccn1Cc1cccnc1OC. The van der Waals surface area contributed by atoms with Crippen LogP contribution in [0.2, 0.25) is 0 Å². The standard InChI is InChI=1S/C14H20N4O/c1-3-6-15-10-13-16-8-9-18(13)11-12-5-4-7-17-14(12)19-2/h4-5,7-9,15H,3,6,10-11H2,1-2H3. The Hall–Kier alpha value is -1.88. The number of methoxy groups -OCH3 is 1. The van der Waals surface area contributed by atoms with Crippen LogP contribution in [0, 0.1) is 0 Å². The van der Waals surface area contributed by atoms with Crippen molar-refractivity contribution in [3.05, 3.63) is 42.1 Å². The van der Waals surface area contributed by atoms with Gasteiger partial charge in [-0.2, -0.15) is 0 Å². The third-order valence-corrected chi connectivity index (χ3v) is 2.90. The molecule has 5 heteroatoms. The molecular weight excluding hydrogens is 240 g/mol. The van der Waals surface area contributed by atoms with Crippen LogP contribution in [0.3, 0.4) is 0 Å². The Bertz CT molecular complexity index is 510. The van der Waals surface area contributed by atoms with Crippen molar-refractivity contribution in [2.24, 2.45) is 0 Å². The Kier molecular flexibility index (Phi) is 4.92. The maximum Gasteiger partial charge on any atom is 0.218 e. The zero-order valence-electron chi connectivity index (χ0n) is 11.5. The number of pyridine rings is 1. The molecule has 0 bridgehead atoms. The van der Waals surface area contributed by atoms with Gasteiger partial charge in [0.1, 0.15) is 5.82 Å². The van der Waals surface area contributed by atoms with E-state index in [1.54, 1.807) is 13.3 Å². The first-order chi connectivity index (χ1) is 9.35. The van der Waals surface area contributed by atoms with Crippen molar-refractivity contribution < 1.29 is 4.74 Å². The Balaban J connectivity index is 2.08. The first kappa shape index (κ1) is 13.5. The van der Waals surface area contributed by atoms with Crippen LogP contribution in [0.5, 0.6) is 5.88 Å². The lowest BCUT2D eigenvalue weighted by Gasteiger charge is -2.10. The lowest BCUT2D eigenvalue weighted by molar-refractivity contribution is 0.391. The summed E-state index contributed by atoms with van der Waals surface area (Å²) in [5.74, 6) is 1.70. The number of nitrogens with zero attached hydrogens (tertiary/aromatic N) is 3. The lowest BCUT2D eigenvalue weighted by atomic mass is 10.2. The van der Waals surface area contributed by atoms with E-state index in [4.69, 9.17) is 4.74 Å². The van der Waals surface area contributed by atoms with Crippen molar-refractivity contribution in [1.82, 2.24) is 19.9 Å². The normalized spacial score (nSPS) is 10.6. The average Bonchev–Trinajstić information content (AvgIpc) is 2.87. The Morgan fingerprint density at radius 2 is 2.21 bits per heavy atom. The van der Waals surface area contributed by atoms with E-state index in [0.29, 0.717) is 5.88 Å². The fourth-order valence-electron chi connectivity index (χ4n) is 1.94. The molecular formula is C14H20N4O. The van der Waals surface area contributed by atoms with Crippen LogP contribution in [0.15, 0.2) is 30.7 Å². The first-order valence-electron chi connectivity index (χ1n) is 6.53. The van der Waals surface area contributed by atoms with Gasteiger partial charge < -0.3 is 14.6 Å². The molecule has 0 saturated carbocycles. The molecule has 5 nitrogen and oxygen atoms in total. The number of ether oxygens (including phenoxy) is 1. The summed E-state index contributed by atoms with van der Waals surface area (Å²) in [4.78, 5) is 8.59. The van der Waals surface area contributed by atoms with E-state index in [-0.39, 0.29) is 0 Å². The number of hydrogen-bond donors (Lipinski definition) is 1. The van der Waals surface area contributed by atoms with E-state index < -0.39 is 0 Å². The predicted molar refractivity (Wildman–Crippen MR) is 74.1 cm³/mol. The van der Waals surface area contributed by atoms with Crippen LogP contribution >= 0.6 is 0 Å². The largest absolute Gasteiger partial charge is 0.481 e. The summed E-state index contributed by atoms with van der Waals surface area (Å²) in [6.45, 7) is 4.66. The van der Waals surface area contributed by atoms with E-state index in [1.165, 1.54) is 0 Å². The number of aromatic nitrogens is 3. The zero-order chi connectivity index (χ0) is 13.5. The molecule has 0 saturated heterocycles. The minimum absolute atomic E-state index is 0.670. The quantitative estimate of drug-likeness (QED) is 0.772. The van der Waals surface area contributed by atoms with E-state index >= 15 is 0 Å². The zero-order valence-corrected chi connectivity index (χ0v) is 11.5. The maximum atomic E-state index is 5.27. The van der Waals surface area contributed by atoms with Crippen LogP contribution in [-0.4, -0.2) is 28.2 Å². The highest BCUT2D eigenvalue weighted by molar-refractivity contribution is 5.25. The molecule has 0 amide bonds. The fourth-order valence-corrected chi connectivity index (χ4v) is 1.94. The smallest absolute Gasteiger partial charge is 0.218 e. The van der Waals surface area contributed by atoms with Crippen molar-refractivity contribution in [3.63, 3.8) is 0 Å². The second-order valence-corrected chi connectivity index (χ2v) is 4.32. The second-order valence-electron chi connectivity index (χ2n) is 4.32. The maximum absolute atomic E-state index is 5.27. The summed E-state index contributed by atoms with van der Waals surface area (Å²) >= 11 is 0. The Labute approximate surface area is 113 Å². The molecule has 0 aliphatic rings. The van der Waals surface area contributed by atoms with E-state index in [2.05, 4.69) is 26.8 Å². The molecule has 1 N–H and O–H groups in total.